The number of halogens is 2. The second-order valence-corrected chi connectivity index (χ2v) is 4.43. The summed E-state index contributed by atoms with van der Waals surface area (Å²) in [4.78, 5) is 7.92. The molecule has 4 nitrogen and oxygen atoms in total. The Morgan fingerprint density at radius 3 is 2.78 bits per heavy atom. The molecular weight excluding hydrogens is 299 g/mol. The van der Waals surface area contributed by atoms with Crippen LogP contribution in [0.4, 0.5) is 15.9 Å². The molecule has 0 atom stereocenters. The minimum atomic E-state index is -0.335. The highest BCUT2D eigenvalue weighted by Gasteiger charge is 2.09. The molecule has 1 N–H and O–H groups in total. The van der Waals surface area contributed by atoms with Gasteiger partial charge in [0, 0.05) is 18.1 Å². The standard InChI is InChI=1S/C12H8BrFN4/c1-7-4-9(14)8(13)5-10(7)18-12-11(6-15)16-2-3-17-12/h2-5H,1H3,(H,17,18). The largest absolute Gasteiger partial charge is 0.338 e. The zero-order chi connectivity index (χ0) is 13.1. The van der Waals surface area contributed by atoms with Crippen LogP contribution in [0, 0.1) is 24.1 Å². The van der Waals surface area contributed by atoms with E-state index in [4.69, 9.17) is 5.26 Å². The number of nitrogens with one attached hydrogen (secondary N) is 1. The summed E-state index contributed by atoms with van der Waals surface area (Å²) in [6.07, 6.45) is 2.92. The van der Waals surface area contributed by atoms with E-state index in [2.05, 4.69) is 31.2 Å². The molecule has 0 aliphatic rings. The molecule has 90 valence electrons. The van der Waals surface area contributed by atoms with E-state index in [0.29, 0.717) is 21.5 Å². The molecule has 0 saturated heterocycles. The van der Waals surface area contributed by atoms with Crippen molar-refractivity contribution in [1.82, 2.24) is 9.97 Å². The monoisotopic (exact) mass is 306 g/mol. The number of anilines is 2. The second-order valence-electron chi connectivity index (χ2n) is 3.57. The Balaban J connectivity index is 2.41. The number of nitriles is 1. The van der Waals surface area contributed by atoms with Gasteiger partial charge in [-0.05, 0) is 40.5 Å². The van der Waals surface area contributed by atoms with Crippen LogP contribution in [0.25, 0.3) is 0 Å². The number of nitrogens with zero attached hydrogens (tertiary/aromatic N) is 3. The van der Waals surface area contributed by atoms with Gasteiger partial charge in [0.2, 0.25) is 0 Å². The van der Waals surface area contributed by atoms with Gasteiger partial charge in [0.1, 0.15) is 11.9 Å². The average Bonchev–Trinajstić information content (AvgIpc) is 2.36. The minimum Gasteiger partial charge on any atom is -0.338 e. The first-order chi connectivity index (χ1) is 8.61. The molecule has 1 heterocycles. The van der Waals surface area contributed by atoms with Gasteiger partial charge >= 0.3 is 0 Å². The Labute approximate surface area is 112 Å². The average molecular weight is 307 g/mol. The third kappa shape index (κ3) is 2.46. The van der Waals surface area contributed by atoms with Crippen molar-refractivity contribution < 1.29 is 4.39 Å². The third-order valence-electron chi connectivity index (χ3n) is 2.32. The van der Waals surface area contributed by atoms with Crippen LogP contribution in [0.3, 0.4) is 0 Å². The van der Waals surface area contributed by atoms with E-state index in [-0.39, 0.29) is 11.5 Å². The molecule has 0 fully saturated rings. The summed E-state index contributed by atoms with van der Waals surface area (Å²) in [6.45, 7) is 1.76. The summed E-state index contributed by atoms with van der Waals surface area (Å²) in [6, 6.07) is 4.93. The lowest BCUT2D eigenvalue weighted by molar-refractivity contribution is 0.620. The normalized spacial score (nSPS) is 9.89. The lowest BCUT2D eigenvalue weighted by Gasteiger charge is -2.10. The van der Waals surface area contributed by atoms with E-state index < -0.39 is 0 Å². The van der Waals surface area contributed by atoms with Crippen LogP contribution in [-0.4, -0.2) is 9.97 Å². The SMILES string of the molecule is Cc1cc(F)c(Br)cc1Nc1nccnc1C#N. The zero-order valence-electron chi connectivity index (χ0n) is 9.41. The predicted octanol–water partition coefficient (Wildman–Crippen LogP) is 3.30. The molecule has 0 bridgehead atoms. The van der Waals surface area contributed by atoms with E-state index in [1.807, 2.05) is 6.07 Å². The molecule has 0 spiro atoms. The highest BCUT2D eigenvalue weighted by Crippen LogP contribution is 2.26. The molecule has 18 heavy (non-hydrogen) atoms. The lowest BCUT2D eigenvalue weighted by Crippen LogP contribution is -2.00. The number of hydrogen-bond donors (Lipinski definition) is 1. The fraction of sp³-hybridized carbons (Fsp3) is 0.0833. The molecule has 0 saturated carbocycles. The number of hydrogen-bond acceptors (Lipinski definition) is 4. The van der Waals surface area contributed by atoms with E-state index in [0.717, 1.165) is 0 Å². The van der Waals surface area contributed by atoms with Crippen molar-refractivity contribution in [2.24, 2.45) is 0 Å². The van der Waals surface area contributed by atoms with Crippen molar-refractivity contribution in [1.29, 1.82) is 5.26 Å². The summed E-state index contributed by atoms with van der Waals surface area (Å²) < 4.78 is 13.6. The Morgan fingerprint density at radius 1 is 1.33 bits per heavy atom. The quantitative estimate of drug-likeness (QED) is 0.924. The van der Waals surface area contributed by atoms with Crippen LogP contribution in [0.15, 0.2) is 29.0 Å². The first kappa shape index (κ1) is 12.5. The van der Waals surface area contributed by atoms with Crippen molar-refractivity contribution >= 4 is 27.4 Å². The molecule has 6 heteroatoms. The van der Waals surface area contributed by atoms with E-state index in [1.165, 1.54) is 18.5 Å². The number of aromatic nitrogens is 2. The van der Waals surface area contributed by atoms with E-state index >= 15 is 0 Å². The maximum Gasteiger partial charge on any atom is 0.183 e. The fourth-order valence-electron chi connectivity index (χ4n) is 1.42. The fourth-order valence-corrected chi connectivity index (χ4v) is 1.76. The first-order valence-electron chi connectivity index (χ1n) is 5.05. The van der Waals surface area contributed by atoms with Crippen LogP contribution in [0.2, 0.25) is 0 Å². The van der Waals surface area contributed by atoms with Crippen molar-refractivity contribution in [2.75, 3.05) is 5.32 Å². The van der Waals surface area contributed by atoms with Crippen LogP contribution >= 0.6 is 15.9 Å². The van der Waals surface area contributed by atoms with Gasteiger partial charge in [-0.3, -0.25) is 0 Å². The van der Waals surface area contributed by atoms with Gasteiger partial charge in [0.05, 0.1) is 4.47 Å². The summed E-state index contributed by atoms with van der Waals surface area (Å²) in [5, 5.41) is 11.9. The molecule has 0 aliphatic carbocycles. The van der Waals surface area contributed by atoms with E-state index in [9.17, 15) is 4.39 Å². The maximum absolute atomic E-state index is 13.3. The first-order valence-corrected chi connectivity index (χ1v) is 5.85. The van der Waals surface area contributed by atoms with Gasteiger partial charge in [-0.2, -0.15) is 5.26 Å². The summed E-state index contributed by atoms with van der Waals surface area (Å²) >= 11 is 3.11. The van der Waals surface area contributed by atoms with Gasteiger partial charge in [0.25, 0.3) is 0 Å². The molecule has 1 aromatic heterocycles. The lowest BCUT2D eigenvalue weighted by atomic mass is 10.2. The van der Waals surface area contributed by atoms with Gasteiger partial charge in [-0.15, -0.1) is 0 Å². The minimum absolute atomic E-state index is 0.192. The van der Waals surface area contributed by atoms with Crippen molar-refractivity contribution in [3.05, 3.63) is 46.1 Å². The Hall–Kier alpha value is -2.00. The summed E-state index contributed by atoms with van der Waals surface area (Å²) in [7, 11) is 0. The van der Waals surface area contributed by atoms with E-state index in [1.54, 1.807) is 13.0 Å². The molecular formula is C12H8BrFN4. The number of aryl methyl sites for hydroxylation is 1. The molecule has 2 rings (SSSR count). The molecule has 2 aromatic rings. The van der Waals surface area contributed by atoms with Gasteiger partial charge in [0.15, 0.2) is 11.5 Å². The topological polar surface area (TPSA) is 61.6 Å². The Morgan fingerprint density at radius 2 is 2.06 bits per heavy atom. The van der Waals surface area contributed by atoms with Crippen LogP contribution in [0.1, 0.15) is 11.3 Å². The number of rotatable bonds is 2. The molecule has 0 aliphatic heterocycles. The second kappa shape index (κ2) is 5.10. The summed E-state index contributed by atoms with van der Waals surface area (Å²) in [5.74, 6) is 0.0133. The zero-order valence-corrected chi connectivity index (χ0v) is 11.0. The highest BCUT2D eigenvalue weighted by atomic mass is 79.9. The predicted molar refractivity (Wildman–Crippen MR) is 68.9 cm³/mol. The van der Waals surface area contributed by atoms with Crippen LogP contribution < -0.4 is 5.32 Å². The Bertz CT molecular complexity index is 636. The molecule has 0 amide bonds. The van der Waals surface area contributed by atoms with Crippen molar-refractivity contribution in [3.63, 3.8) is 0 Å². The van der Waals surface area contributed by atoms with Crippen molar-refractivity contribution in [2.45, 2.75) is 6.92 Å². The number of benzene rings is 1. The summed E-state index contributed by atoms with van der Waals surface area (Å²) in [5.41, 5.74) is 1.57. The van der Waals surface area contributed by atoms with Gasteiger partial charge in [-0.1, -0.05) is 0 Å². The van der Waals surface area contributed by atoms with Gasteiger partial charge < -0.3 is 5.32 Å². The van der Waals surface area contributed by atoms with Crippen LogP contribution in [0.5, 0.6) is 0 Å². The highest BCUT2D eigenvalue weighted by molar-refractivity contribution is 9.10. The maximum atomic E-state index is 13.3. The van der Waals surface area contributed by atoms with Crippen molar-refractivity contribution in [3.8, 4) is 6.07 Å². The molecule has 0 unspecified atom stereocenters. The smallest absolute Gasteiger partial charge is 0.183 e. The molecule has 0 radical (unpaired) electrons. The van der Waals surface area contributed by atoms with Gasteiger partial charge in [-0.25, -0.2) is 14.4 Å². The molecule has 1 aromatic carbocycles. The Kier molecular flexibility index (Phi) is 3.53. The van der Waals surface area contributed by atoms with Crippen LogP contribution in [-0.2, 0) is 0 Å². The third-order valence-corrected chi connectivity index (χ3v) is 2.93.